The van der Waals surface area contributed by atoms with Crippen molar-refractivity contribution >= 4 is 0 Å². The number of nitrogens with two attached hydrogens (primary N) is 1. The molecule has 0 heterocycles. The zero-order valence-corrected chi connectivity index (χ0v) is 12.5. The fraction of sp³-hybridized carbons (Fsp3) is 1.00. The Morgan fingerprint density at radius 2 is 1.89 bits per heavy atom. The van der Waals surface area contributed by atoms with Crippen molar-refractivity contribution in [2.75, 3.05) is 19.7 Å². The second-order valence-corrected chi connectivity index (χ2v) is 7.29. The molecule has 0 amide bonds. The summed E-state index contributed by atoms with van der Waals surface area (Å²) in [6, 6.07) is 0. The molecule has 0 aromatic carbocycles. The van der Waals surface area contributed by atoms with Crippen LogP contribution < -0.4 is 11.1 Å². The van der Waals surface area contributed by atoms with Gasteiger partial charge in [0.15, 0.2) is 0 Å². The Morgan fingerprint density at radius 3 is 2.33 bits per heavy atom. The van der Waals surface area contributed by atoms with E-state index in [0.29, 0.717) is 11.5 Å². The van der Waals surface area contributed by atoms with E-state index < -0.39 is 0 Å². The molecule has 0 aliphatic heterocycles. The first-order valence-corrected chi connectivity index (χ1v) is 7.44. The third-order valence-electron chi connectivity index (χ3n) is 5.56. The first kappa shape index (κ1) is 14.3. The summed E-state index contributed by atoms with van der Waals surface area (Å²) in [4.78, 5) is 0. The predicted octanol–water partition coefficient (Wildman–Crippen LogP) is 2.30. The molecule has 3 heteroatoms. The molecule has 0 spiro atoms. The molecule has 2 rings (SSSR count). The summed E-state index contributed by atoms with van der Waals surface area (Å²) in [5.74, 6) is 0. The lowest BCUT2D eigenvalue weighted by Gasteiger charge is -2.59. The quantitative estimate of drug-likeness (QED) is 0.764. The maximum absolute atomic E-state index is 6.55. The van der Waals surface area contributed by atoms with Gasteiger partial charge in [0, 0.05) is 30.7 Å². The van der Waals surface area contributed by atoms with Crippen molar-refractivity contribution in [3.63, 3.8) is 0 Å². The van der Waals surface area contributed by atoms with Crippen LogP contribution in [-0.4, -0.2) is 31.3 Å². The topological polar surface area (TPSA) is 47.3 Å². The van der Waals surface area contributed by atoms with Crippen LogP contribution in [0.25, 0.3) is 0 Å². The monoisotopic (exact) mass is 254 g/mol. The average Bonchev–Trinajstić information content (AvgIpc) is 2.26. The standard InChI is InChI=1S/C15H30N2O/c1-5-18-12-9-15(16,13(12,2)3)11-17-10-14(4)7-6-8-14/h12,17H,5-11,16H2,1-4H3. The van der Waals surface area contributed by atoms with Gasteiger partial charge in [-0.2, -0.15) is 0 Å². The molecule has 2 atom stereocenters. The average molecular weight is 254 g/mol. The van der Waals surface area contributed by atoms with Crippen LogP contribution in [0.4, 0.5) is 0 Å². The van der Waals surface area contributed by atoms with Crippen LogP contribution in [0.2, 0.25) is 0 Å². The number of nitrogens with one attached hydrogen (secondary N) is 1. The van der Waals surface area contributed by atoms with Crippen molar-refractivity contribution in [2.45, 2.75) is 65.0 Å². The van der Waals surface area contributed by atoms with E-state index in [9.17, 15) is 0 Å². The highest BCUT2D eigenvalue weighted by molar-refractivity contribution is 5.14. The normalized spacial score (nSPS) is 36.8. The van der Waals surface area contributed by atoms with Gasteiger partial charge in [-0.3, -0.25) is 0 Å². The molecule has 2 aliphatic rings. The van der Waals surface area contributed by atoms with Crippen LogP contribution in [0.15, 0.2) is 0 Å². The lowest BCUT2D eigenvalue weighted by Crippen LogP contribution is -2.73. The second kappa shape index (κ2) is 4.77. The summed E-state index contributed by atoms with van der Waals surface area (Å²) in [6.45, 7) is 11.7. The Kier molecular flexibility index (Phi) is 3.79. The van der Waals surface area contributed by atoms with Crippen LogP contribution in [0, 0.1) is 10.8 Å². The molecule has 106 valence electrons. The third kappa shape index (κ3) is 2.33. The molecule has 0 radical (unpaired) electrons. The van der Waals surface area contributed by atoms with E-state index in [1.807, 2.05) is 0 Å². The number of hydrogen-bond acceptors (Lipinski definition) is 3. The molecule has 3 nitrogen and oxygen atoms in total. The smallest absolute Gasteiger partial charge is 0.0662 e. The molecule has 0 saturated heterocycles. The van der Waals surface area contributed by atoms with E-state index in [4.69, 9.17) is 10.5 Å². The van der Waals surface area contributed by atoms with Crippen molar-refractivity contribution in [3.8, 4) is 0 Å². The Bertz CT molecular complexity index is 299. The lowest BCUT2D eigenvalue weighted by atomic mass is 9.54. The fourth-order valence-corrected chi connectivity index (χ4v) is 3.35. The highest BCUT2D eigenvalue weighted by Gasteiger charge is 2.58. The summed E-state index contributed by atoms with van der Waals surface area (Å²) >= 11 is 0. The van der Waals surface area contributed by atoms with Gasteiger partial charge >= 0.3 is 0 Å². The fourth-order valence-electron chi connectivity index (χ4n) is 3.35. The van der Waals surface area contributed by atoms with Gasteiger partial charge in [-0.15, -0.1) is 0 Å². The first-order valence-electron chi connectivity index (χ1n) is 7.44. The molecule has 18 heavy (non-hydrogen) atoms. The molecular weight excluding hydrogens is 224 g/mol. The van der Waals surface area contributed by atoms with Crippen molar-refractivity contribution in [2.24, 2.45) is 16.6 Å². The van der Waals surface area contributed by atoms with Crippen molar-refractivity contribution in [3.05, 3.63) is 0 Å². The molecule has 2 saturated carbocycles. The SMILES string of the molecule is CCOC1CC(N)(CNCC2(C)CCC2)C1(C)C. The van der Waals surface area contributed by atoms with Crippen molar-refractivity contribution in [1.82, 2.24) is 5.32 Å². The Labute approximate surface area is 112 Å². The van der Waals surface area contributed by atoms with Gasteiger partial charge in [-0.05, 0) is 31.6 Å². The summed E-state index contributed by atoms with van der Waals surface area (Å²) in [6.07, 6.45) is 5.43. The summed E-state index contributed by atoms with van der Waals surface area (Å²) < 4.78 is 5.76. The number of rotatable bonds is 6. The Hall–Kier alpha value is -0.120. The van der Waals surface area contributed by atoms with Gasteiger partial charge < -0.3 is 15.8 Å². The molecule has 3 N–H and O–H groups in total. The van der Waals surface area contributed by atoms with E-state index in [-0.39, 0.29) is 11.0 Å². The third-order valence-corrected chi connectivity index (χ3v) is 5.56. The number of hydrogen-bond donors (Lipinski definition) is 2. The van der Waals surface area contributed by atoms with Gasteiger partial charge in [0.05, 0.1) is 6.10 Å². The molecule has 0 aromatic heterocycles. The van der Waals surface area contributed by atoms with Crippen LogP contribution in [0.1, 0.15) is 53.4 Å². The van der Waals surface area contributed by atoms with Crippen molar-refractivity contribution < 1.29 is 4.74 Å². The lowest BCUT2D eigenvalue weighted by molar-refractivity contribution is -0.148. The van der Waals surface area contributed by atoms with Gasteiger partial charge in [0.1, 0.15) is 0 Å². The van der Waals surface area contributed by atoms with Gasteiger partial charge in [-0.25, -0.2) is 0 Å². The summed E-state index contributed by atoms with van der Waals surface area (Å²) in [5, 5.41) is 3.61. The van der Waals surface area contributed by atoms with Crippen LogP contribution in [0.3, 0.4) is 0 Å². The molecule has 0 aromatic rings. The Balaban J connectivity index is 1.78. The maximum Gasteiger partial charge on any atom is 0.0662 e. The van der Waals surface area contributed by atoms with E-state index in [1.54, 1.807) is 0 Å². The first-order chi connectivity index (χ1) is 8.33. The van der Waals surface area contributed by atoms with Gasteiger partial charge in [-0.1, -0.05) is 27.2 Å². The van der Waals surface area contributed by atoms with E-state index in [1.165, 1.54) is 19.3 Å². The summed E-state index contributed by atoms with van der Waals surface area (Å²) in [7, 11) is 0. The van der Waals surface area contributed by atoms with E-state index in [2.05, 4.69) is 33.0 Å². The van der Waals surface area contributed by atoms with Crippen molar-refractivity contribution in [1.29, 1.82) is 0 Å². The van der Waals surface area contributed by atoms with E-state index >= 15 is 0 Å². The molecular formula is C15H30N2O. The van der Waals surface area contributed by atoms with Gasteiger partial charge in [0.25, 0.3) is 0 Å². The minimum Gasteiger partial charge on any atom is -0.378 e. The minimum atomic E-state index is -0.104. The molecule has 2 aliphatic carbocycles. The Morgan fingerprint density at radius 1 is 1.22 bits per heavy atom. The van der Waals surface area contributed by atoms with Crippen LogP contribution in [-0.2, 0) is 4.74 Å². The van der Waals surface area contributed by atoms with Gasteiger partial charge in [0.2, 0.25) is 0 Å². The maximum atomic E-state index is 6.55. The highest BCUT2D eigenvalue weighted by atomic mass is 16.5. The predicted molar refractivity (Wildman–Crippen MR) is 75.6 cm³/mol. The van der Waals surface area contributed by atoms with Crippen LogP contribution >= 0.6 is 0 Å². The molecule has 0 bridgehead atoms. The molecule has 2 unspecified atom stereocenters. The largest absolute Gasteiger partial charge is 0.378 e. The van der Waals surface area contributed by atoms with E-state index in [0.717, 1.165) is 26.1 Å². The molecule has 2 fully saturated rings. The second-order valence-electron chi connectivity index (χ2n) is 7.29. The summed E-state index contributed by atoms with van der Waals surface area (Å²) in [5.41, 5.74) is 7.05. The highest BCUT2D eigenvalue weighted by Crippen LogP contribution is 2.49. The zero-order valence-electron chi connectivity index (χ0n) is 12.5. The minimum absolute atomic E-state index is 0.0799. The number of ether oxygens (including phenoxy) is 1. The zero-order chi connectivity index (χ0) is 13.4. The van der Waals surface area contributed by atoms with Crippen LogP contribution in [0.5, 0.6) is 0 Å².